The number of ether oxygens (including phenoxy) is 1. The molecule has 0 N–H and O–H groups in total. The second-order valence-electron chi connectivity index (χ2n) is 1.56. The molecule has 0 bridgehead atoms. The molecule has 0 aromatic heterocycles. The Morgan fingerprint density at radius 1 is 1.86 bits per heavy atom. The molecule has 1 aliphatic rings. The minimum Gasteiger partial charge on any atom is -0.353 e. The first-order chi connectivity index (χ1) is 3.43. The third kappa shape index (κ3) is 0.996. The van der Waals surface area contributed by atoms with E-state index >= 15 is 0 Å². The lowest BCUT2D eigenvalue weighted by atomic mass is 10.3. The minimum absolute atomic E-state index is 0.586. The summed E-state index contributed by atoms with van der Waals surface area (Å²) < 4.78 is 4.94. The molecule has 7 heavy (non-hydrogen) atoms. The average molecular weight is 99.1 g/mol. The summed E-state index contributed by atoms with van der Waals surface area (Å²) in [7, 11) is 0. The first-order valence-electron chi connectivity index (χ1n) is 2.53. The van der Waals surface area contributed by atoms with Gasteiger partial charge in [-0.3, -0.25) is 4.99 Å². The fraction of sp³-hybridized carbons (Fsp3) is 0.800. The summed E-state index contributed by atoms with van der Waals surface area (Å²) in [5.74, 6) is 0. The highest BCUT2D eigenvalue weighted by Gasteiger charge is 2.00. The van der Waals surface area contributed by atoms with Gasteiger partial charge in [0.15, 0.2) is 0 Å². The zero-order valence-electron chi connectivity index (χ0n) is 4.48. The summed E-state index contributed by atoms with van der Waals surface area (Å²) in [6, 6.07) is 0. The summed E-state index contributed by atoms with van der Waals surface area (Å²) in [5.41, 5.74) is 1.19. The molecule has 0 fully saturated rings. The first kappa shape index (κ1) is 4.78. The molecule has 2 nitrogen and oxygen atoms in total. The second-order valence-corrected chi connectivity index (χ2v) is 1.56. The van der Waals surface area contributed by atoms with Crippen LogP contribution in [0.15, 0.2) is 4.99 Å². The summed E-state index contributed by atoms with van der Waals surface area (Å²) in [6.45, 7) is 3.44. The van der Waals surface area contributed by atoms with Crippen molar-refractivity contribution in [1.82, 2.24) is 0 Å². The van der Waals surface area contributed by atoms with Crippen molar-refractivity contribution >= 4 is 5.71 Å². The van der Waals surface area contributed by atoms with Gasteiger partial charge in [0.1, 0.15) is 6.73 Å². The molecule has 0 saturated carbocycles. The van der Waals surface area contributed by atoms with Crippen LogP contribution in [0, 0.1) is 0 Å². The fourth-order valence-corrected chi connectivity index (χ4v) is 0.560. The van der Waals surface area contributed by atoms with Crippen LogP contribution in [0.25, 0.3) is 0 Å². The maximum atomic E-state index is 4.94. The van der Waals surface area contributed by atoms with Gasteiger partial charge in [0.25, 0.3) is 0 Å². The molecule has 0 amide bonds. The summed E-state index contributed by atoms with van der Waals surface area (Å²) >= 11 is 0. The number of hydrogen-bond donors (Lipinski definition) is 0. The van der Waals surface area contributed by atoms with E-state index in [9.17, 15) is 0 Å². The SMILES string of the molecule is CCC1=NCOC1. The van der Waals surface area contributed by atoms with Crippen LogP contribution in [0.1, 0.15) is 13.3 Å². The van der Waals surface area contributed by atoms with Crippen molar-refractivity contribution in [2.24, 2.45) is 4.99 Å². The largest absolute Gasteiger partial charge is 0.353 e. The molecular formula is C5H9NO. The second kappa shape index (κ2) is 2.07. The van der Waals surface area contributed by atoms with E-state index in [1.807, 2.05) is 0 Å². The van der Waals surface area contributed by atoms with Gasteiger partial charge in [0.2, 0.25) is 0 Å². The fourth-order valence-electron chi connectivity index (χ4n) is 0.560. The molecule has 0 saturated heterocycles. The number of nitrogens with zero attached hydrogens (tertiary/aromatic N) is 1. The van der Waals surface area contributed by atoms with Crippen molar-refractivity contribution in [3.63, 3.8) is 0 Å². The van der Waals surface area contributed by atoms with Crippen LogP contribution in [0.2, 0.25) is 0 Å². The Morgan fingerprint density at radius 3 is 3.00 bits per heavy atom. The third-order valence-corrected chi connectivity index (χ3v) is 1.06. The monoisotopic (exact) mass is 99.1 g/mol. The zero-order chi connectivity index (χ0) is 5.11. The van der Waals surface area contributed by atoms with Gasteiger partial charge in [-0.1, -0.05) is 6.92 Å². The van der Waals surface area contributed by atoms with Gasteiger partial charge in [-0.15, -0.1) is 0 Å². The van der Waals surface area contributed by atoms with Gasteiger partial charge in [-0.2, -0.15) is 0 Å². The van der Waals surface area contributed by atoms with Crippen LogP contribution in [0.5, 0.6) is 0 Å². The Morgan fingerprint density at radius 2 is 2.71 bits per heavy atom. The summed E-state index contributed by atoms with van der Waals surface area (Å²) in [6.07, 6.45) is 1.04. The van der Waals surface area contributed by atoms with Crippen LogP contribution >= 0.6 is 0 Å². The Labute approximate surface area is 43.2 Å². The standard InChI is InChI=1S/C5H9NO/c1-2-5-3-7-4-6-5/h2-4H2,1H3. The van der Waals surface area contributed by atoms with Crippen molar-refractivity contribution < 1.29 is 4.74 Å². The Kier molecular flexibility index (Phi) is 1.42. The molecule has 0 atom stereocenters. The molecule has 0 aromatic carbocycles. The number of aliphatic imine (C=N–C) groups is 1. The van der Waals surface area contributed by atoms with Gasteiger partial charge in [-0.25, -0.2) is 0 Å². The predicted octanol–water partition coefficient (Wildman–Crippen LogP) is 0.825. The average Bonchev–Trinajstić information content (AvgIpc) is 2.14. The maximum absolute atomic E-state index is 4.94. The predicted molar refractivity (Wildman–Crippen MR) is 28.5 cm³/mol. The summed E-state index contributed by atoms with van der Waals surface area (Å²) in [5, 5.41) is 0. The molecule has 0 radical (unpaired) electrons. The van der Waals surface area contributed by atoms with Crippen molar-refractivity contribution in [3.8, 4) is 0 Å². The topological polar surface area (TPSA) is 21.6 Å². The van der Waals surface area contributed by atoms with E-state index in [2.05, 4.69) is 11.9 Å². The van der Waals surface area contributed by atoms with Crippen LogP contribution in [0.4, 0.5) is 0 Å². The van der Waals surface area contributed by atoms with E-state index in [1.165, 1.54) is 5.71 Å². The molecule has 0 aromatic rings. The highest BCUT2D eigenvalue weighted by molar-refractivity contribution is 5.86. The van der Waals surface area contributed by atoms with E-state index in [1.54, 1.807) is 0 Å². The molecule has 0 aliphatic carbocycles. The maximum Gasteiger partial charge on any atom is 0.137 e. The molecular weight excluding hydrogens is 90.1 g/mol. The van der Waals surface area contributed by atoms with Crippen molar-refractivity contribution in [2.45, 2.75) is 13.3 Å². The zero-order valence-corrected chi connectivity index (χ0v) is 4.48. The van der Waals surface area contributed by atoms with Crippen molar-refractivity contribution in [1.29, 1.82) is 0 Å². The Balaban J connectivity index is 2.36. The van der Waals surface area contributed by atoms with Crippen molar-refractivity contribution in [2.75, 3.05) is 13.3 Å². The summed E-state index contributed by atoms with van der Waals surface area (Å²) in [4.78, 5) is 4.05. The molecule has 1 rings (SSSR count). The van der Waals surface area contributed by atoms with Crippen molar-refractivity contribution in [3.05, 3.63) is 0 Å². The van der Waals surface area contributed by atoms with E-state index in [-0.39, 0.29) is 0 Å². The third-order valence-electron chi connectivity index (χ3n) is 1.06. The molecule has 1 aliphatic heterocycles. The molecule has 1 heterocycles. The lowest BCUT2D eigenvalue weighted by Crippen LogP contribution is -1.96. The Bertz CT molecular complexity index is 88.1. The van der Waals surface area contributed by atoms with Crippen LogP contribution in [-0.4, -0.2) is 19.0 Å². The lowest BCUT2D eigenvalue weighted by Gasteiger charge is -1.85. The molecule has 0 unspecified atom stereocenters. The van der Waals surface area contributed by atoms with Crippen LogP contribution in [-0.2, 0) is 4.74 Å². The smallest absolute Gasteiger partial charge is 0.137 e. The van der Waals surface area contributed by atoms with Gasteiger partial charge in [-0.05, 0) is 6.42 Å². The lowest BCUT2D eigenvalue weighted by molar-refractivity contribution is 0.202. The minimum atomic E-state index is 0.586. The number of hydrogen-bond acceptors (Lipinski definition) is 2. The normalized spacial score (nSPS) is 19.9. The van der Waals surface area contributed by atoms with E-state index in [0.717, 1.165) is 13.0 Å². The molecule has 2 heteroatoms. The van der Waals surface area contributed by atoms with Gasteiger partial charge in [0.05, 0.1) is 6.61 Å². The van der Waals surface area contributed by atoms with Crippen LogP contribution in [0.3, 0.4) is 0 Å². The number of rotatable bonds is 1. The highest BCUT2D eigenvalue weighted by Crippen LogP contribution is 1.95. The van der Waals surface area contributed by atoms with E-state index < -0.39 is 0 Å². The van der Waals surface area contributed by atoms with Gasteiger partial charge in [0, 0.05) is 5.71 Å². The molecule has 0 spiro atoms. The van der Waals surface area contributed by atoms with E-state index in [4.69, 9.17) is 4.74 Å². The highest BCUT2D eigenvalue weighted by atomic mass is 16.5. The first-order valence-corrected chi connectivity index (χ1v) is 2.53. The molecule has 40 valence electrons. The van der Waals surface area contributed by atoms with Gasteiger partial charge < -0.3 is 4.74 Å². The quantitative estimate of drug-likeness (QED) is 0.477. The van der Waals surface area contributed by atoms with Crippen LogP contribution < -0.4 is 0 Å². The van der Waals surface area contributed by atoms with Gasteiger partial charge >= 0.3 is 0 Å². The Hall–Kier alpha value is -0.370. The van der Waals surface area contributed by atoms with E-state index in [0.29, 0.717) is 6.73 Å².